The van der Waals surface area contributed by atoms with Crippen LogP contribution in [0.1, 0.15) is 36.8 Å². The van der Waals surface area contributed by atoms with Crippen LogP contribution in [0.3, 0.4) is 0 Å². The van der Waals surface area contributed by atoms with Crippen LogP contribution in [-0.2, 0) is 20.1 Å². The Labute approximate surface area is 209 Å². The van der Waals surface area contributed by atoms with E-state index in [1.54, 1.807) is 18.5 Å². The molecular formula is C27H31N7O2. The van der Waals surface area contributed by atoms with E-state index in [9.17, 15) is 9.59 Å². The minimum absolute atomic E-state index is 0.0132. The zero-order valence-electron chi connectivity index (χ0n) is 21.2. The van der Waals surface area contributed by atoms with Gasteiger partial charge in [0.25, 0.3) is 5.56 Å². The predicted molar refractivity (Wildman–Crippen MR) is 142 cm³/mol. The number of hydrogen-bond donors (Lipinski definition) is 1. The van der Waals surface area contributed by atoms with Crippen molar-refractivity contribution in [3.63, 3.8) is 0 Å². The highest BCUT2D eigenvalue weighted by Gasteiger charge is 2.28. The van der Waals surface area contributed by atoms with Crippen LogP contribution >= 0.6 is 0 Å². The van der Waals surface area contributed by atoms with Crippen LogP contribution in [0.25, 0.3) is 21.9 Å². The number of benzene rings is 1. The fourth-order valence-corrected chi connectivity index (χ4v) is 5.41. The lowest BCUT2D eigenvalue weighted by Gasteiger charge is -2.33. The Morgan fingerprint density at radius 3 is 2.64 bits per heavy atom. The Kier molecular flexibility index (Phi) is 6.14. The third kappa shape index (κ3) is 3.88. The topological polar surface area (TPSA) is 104 Å². The summed E-state index contributed by atoms with van der Waals surface area (Å²) in [4.78, 5) is 38.9. The third-order valence-corrected chi connectivity index (χ3v) is 7.05. The maximum absolute atomic E-state index is 13.9. The predicted octanol–water partition coefficient (Wildman–Crippen LogP) is 2.06. The largest absolute Gasteiger partial charge is 0.356 e. The summed E-state index contributed by atoms with van der Waals surface area (Å²) in [7, 11) is 1.71. The summed E-state index contributed by atoms with van der Waals surface area (Å²) in [5, 5.41) is 0.948. The molecule has 5 rings (SSSR count). The standard InChI is InChI=1S/C27H31N7O2/c1-5-6-14-33-24-23(17(2)25(33)32-13-9-10-19(28)15-32)31(4)27(36)34(26(24)35)16-22-29-18(3)20-11-7-8-12-21(20)30-22/h7-8,11-12,19H,9-10,13-16,28H2,1-4H3/t19-/m1/s1. The lowest BCUT2D eigenvalue weighted by molar-refractivity contribution is 0.498. The molecule has 4 aromatic rings. The molecule has 2 N–H and O–H groups in total. The second-order valence-corrected chi connectivity index (χ2v) is 9.48. The first-order chi connectivity index (χ1) is 17.3. The minimum Gasteiger partial charge on any atom is -0.356 e. The number of nitrogens with two attached hydrogens (primary N) is 1. The molecule has 9 nitrogen and oxygen atoms in total. The van der Waals surface area contributed by atoms with Gasteiger partial charge in [0.05, 0.1) is 24.1 Å². The molecule has 1 atom stereocenters. The molecule has 9 heteroatoms. The molecule has 0 unspecified atom stereocenters. The molecular weight excluding hydrogens is 454 g/mol. The molecule has 4 heterocycles. The van der Waals surface area contributed by atoms with Crippen LogP contribution in [0.15, 0.2) is 33.9 Å². The SMILES string of the molecule is CC#CCn1c(N2CCC[C@@H](N)C2)c(C)c2c1c(=O)n(Cc1nc(C)c3ccccc3n1)c(=O)n2C. The van der Waals surface area contributed by atoms with Gasteiger partial charge in [-0.3, -0.25) is 13.9 Å². The Balaban J connectivity index is 1.73. The van der Waals surface area contributed by atoms with Crippen molar-refractivity contribution in [3.8, 4) is 11.8 Å². The number of rotatable bonds is 4. The van der Waals surface area contributed by atoms with Crippen LogP contribution in [0.4, 0.5) is 5.82 Å². The lowest BCUT2D eigenvalue weighted by atomic mass is 10.1. The monoisotopic (exact) mass is 485 g/mol. The molecule has 0 bridgehead atoms. The van der Waals surface area contributed by atoms with Gasteiger partial charge in [-0.15, -0.1) is 5.92 Å². The van der Waals surface area contributed by atoms with Gasteiger partial charge in [0.1, 0.15) is 17.2 Å². The summed E-state index contributed by atoms with van der Waals surface area (Å²) < 4.78 is 4.74. The highest BCUT2D eigenvalue weighted by Crippen LogP contribution is 2.31. The summed E-state index contributed by atoms with van der Waals surface area (Å²) in [5.74, 6) is 7.39. The van der Waals surface area contributed by atoms with E-state index in [2.05, 4.69) is 26.7 Å². The Morgan fingerprint density at radius 1 is 1.11 bits per heavy atom. The second kappa shape index (κ2) is 9.28. The molecule has 1 saturated heterocycles. The number of aromatic nitrogens is 5. The number of fused-ring (bicyclic) bond motifs is 2. The van der Waals surface area contributed by atoms with Gasteiger partial charge in [-0.1, -0.05) is 24.1 Å². The molecule has 0 spiro atoms. The molecule has 0 aliphatic carbocycles. The van der Waals surface area contributed by atoms with Gasteiger partial charge in [0.2, 0.25) is 0 Å². The van der Waals surface area contributed by atoms with Crippen molar-refractivity contribution >= 4 is 27.8 Å². The zero-order valence-corrected chi connectivity index (χ0v) is 21.2. The second-order valence-electron chi connectivity index (χ2n) is 9.48. The van der Waals surface area contributed by atoms with E-state index in [-0.39, 0.29) is 18.1 Å². The maximum atomic E-state index is 13.9. The molecule has 186 valence electrons. The first-order valence-corrected chi connectivity index (χ1v) is 12.3. The Morgan fingerprint density at radius 2 is 1.89 bits per heavy atom. The number of anilines is 1. The smallest absolute Gasteiger partial charge is 0.331 e. The number of para-hydroxylation sites is 1. The van der Waals surface area contributed by atoms with E-state index in [0.29, 0.717) is 29.9 Å². The summed E-state index contributed by atoms with van der Waals surface area (Å²) in [6.07, 6.45) is 1.95. The van der Waals surface area contributed by atoms with Gasteiger partial charge >= 0.3 is 5.69 Å². The highest BCUT2D eigenvalue weighted by atomic mass is 16.2. The van der Waals surface area contributed by atoms with Crippen molar-refractivity contribution in [1.29, 1.82) is 0 Å². The summed E-state index contributed by atoms with van der Waals surface area (Å²) in [6.45, 7) is 7.53. The molecule has 1 fully saturated rings. The molecule has 0 radical (unpaired) electrons. The summed E-state index contributed by atoms with van der Waals surface area (Å²) in [5.41, 5.74) is 9.10. The molecule has 1 aromatic carbocycles. The van der Waals surface area contributed by atoms with Crippen molar-refractivity contribution in [1.82, 2.24) is 23.7 Å². The normalized spacial score (nSPS) is 15.9. The van der Waals surface area contributed by atoms with Gasteiger partial charge < -0.3 is 15.2 Å². The molecule has 36 heavy (non-hydrogen) atoms. The average Bonchev–Trinajstić information content (AvgIpc) is 3.16. The number of aryl methyl sites for hydroxylation is 3. The van der Waals surface area contributed by atoms with E-state index < -0.39 is 5.69 Å². The van der Waals surface area contributed by atoms with E-state index in [1.165, 1.54) is 4.57 Å². The molecule has 0 amide bonds. The fourth-order valence-electron chi connectivity index (χ4n) is 5.41. The van der Waals surface area contributed by atoms with Gasteiger partial charge in [0, 0.05) is 42.8 Å². The molecule has 1 aliphatic rings. The molecule has 0 saturated carbocycles. The van der Waals surface area contributed by atoms with Gasteiger partial charge in [-0.05, 0) is 39.7 Å². The quantitative estimate of drug-likeness (QED) is 0.444. The lowest BCUT2D eigenvalue weighted by Crippen LogP contribution is -2.44. The molecule has 1 aliphatic heterocycles. The first kappa shape index (κ1) is 23.8. The van der Waals surface area contributed by atoms with Gasteiger partial charge in [0.15, 0.2) is 0 Å². The van der Waals surface area contributed by atoms with Crippen molar-refractivity contribution in [3.05, 3.63) is 62.2 Å². The van der Waals surface area contributed by atoms with Crippen molar-refractivity contribution in [2.75, 3.05) is 18.0 Å². The Bertz CT molecular complexity index is 1670. The number of hydrogen-bond acceptors (Lipinski definition) is 6. The third-order valence-electron chi connectivity index (χ3n) is 7.05. The van der Waals surface area contributed by atoms with Crippen molar-refractivity contribution < 1.29 is 0 Å². The highest BCUT2D eigenvalue weighted by molar-refractivity contribution is 5.86. The van der Waals surface area contributed by atoms with Gasteiger partial charge in [-0.2, -0.15) is 0 Å². The van der Waals surface area contributed by atoms with Crippen LogP contribution in [-0.4, -0.2) is 42.8 Å². The average molecular weight is 486 g/mol. The number of piperidine rings is 1. The van der Waals surface area contributed by atoms with E-state index in [1.807, 2.05) is 42.7 Å². The van der Waals surface area contributed by atoms with Crippen LogP contribution in [0, 0.1) is 25.7 Å². The van der Waals surface area contributed by atoms with Crippen LogP contribution < -0.4 is 21.9 Å². The van der Waals surface area contributed by atoms with Crippen molar-refractivity contribution in [2.45, 2.75) is 52.7 Å². The van der Waals surface area contributed by atoms with E-state index in [0.717, 1.165) is 47.4 Å². The fraction of sp³-hybridized carbons (Fsp3) is 0.407. The Hall–Kier alpha value is -3.90. The first-order valence-electron chi connectivity index (χ1n) is 12.3. The maximum Gasteiger partial charge on any atom is 0.331 e. The van der Waals surface area contributed by atoms with Crippen LogP contribution in [0.5, 0.6) is 0 Å². The minimum atomic E-state index is -0.398. The summed E-state index contributed by atoms with van der Waals surface area (Å²) in [6, 6.07) is 7.79. The summed E-state index contributed by atoms with van der Waals surface area (Å²) >= 11 is 0. The van der Waals surface area contributed by atoms with Crippen LogP contribution in [0.2, 0.25) is 0 Å². The number of nitrogens with zero attached hydrogens (tertiary/aromatic N) is 6. The van der Waals surface area contributed by atoms with Gasteiger partial charge in [-0.25, -0.2) is 14.8 Å². The van der Waals surface area contributed by atoms with Crippen molar-refractivity contribution in [2.24, 2.45) is 12.8 Å². The molecule has 3 aromatic heterocycles. The van der Waals surface area contributed by atoms with E-state index >= 15 is 0 Å². The zero-order chi connectivity index (χ0) is 25.6. The van der Waals surface area contributed by atoms with E-state index in [4.69, 9.17) is 5.73 Å².